The summed E-state index contributed by atoms with van der Waals surface area (Å²) in [6, 6.07) is 4.78. The highest BCUT2D eigenvalue weighted by Gasteiger charge is 2.30. The van der Waals surface area contributed by atoms with Gasteiger partial charge in [0.25, 0.3) is 0 Å². The highest BCUT2D eigenvalue weighted by molar-refractivity contribution is 6.06. The second-order valence-corrected chi connectivity index (χ2v) is 3.88. The molecule has 0 aromatic heterocycles. The summed E-state index contributed by atoms with van der Waals surface area (Å²) in [6.45, 7) is 0.210. The summed E-state index contributed by atoms with van der Waals surface area (Å²) in [4.78, 5) is 22.4. The molecule has 17 heavy (non-hydrogen) atoms. The van der Waals surface area contributed by atoms with Gasteiger partial charge in [-0.05, 0) is 12.1 Å². The van der Waals surface area contributed by atoms with Crippen LogP contribution in [0.15, 0.2) is 18.2 Å². The number of amides is 2. The molecule has 1 atom stereocenters. The predicted octanol–water partition coefficient (Wildman–Crippen LogP) is 0.242. The molecule has 1 aromatic carbocycles. The summed E-state index contributed by atoms with van der Waals surface area (Å²) in [5.74, 6) is 0.767. The van der Waals surface area contributed by atoms with Crippen LogP contribution in [0, 0.1) is 0 Å². The van der Waals surface area contributed by atoms with Gasteiger partial charge in [-0.1, -0.05) is 0 Å². The Kier molecular flexibility index (Phi) is 2.14. The fourth-order valence-corrected chi connectivity index (χ4v) is 1.86. The predicted molar refractivity (Wildman–Crippen MR) is 57.7 cm³/mol. The quantitative estimate of drug-likeness (QED) is 0.717. The molecule has 3 rings (SSSR count). The van der Waals surface area contributed by atoms with E-state index in [0.29, 0.717) is 11.5 Å². The third-order valence-corrected chi connectivity index (χ3v) is 2.68. The molecule has 0 spiro atoms. The minimum absolute atomic E-state index is 0.160. The largest absolute Gasteiger partial charge is 0.454 e. The Hall–Kier alpha value is -2.24. The summed E-state index contributed by atoms with van der Waals surface area (Å²) in [5.41, 5.74) is 0.726. The molecule has 0 aliphatic carbocycles. The van der Waals surface area contributed by atoms with E-state index in [-0.39, 0.29) is 25.0 Å². The van der Waals surface area contributed by atoms with Crippen LogP contribution in [0.25, 0.3) is 0 Å². The number of hydrogen-bond donors (Lipinski definition) is 2. The summed E-state index contributed by atoms with van der Waals surface area (Å²) >= 11 is 0. The van der Waals surface area contributed by atoms with Crippen LogP contribution in [0.2, 0.25) is 0 Å². The first-order chi connectivity index (χ1) is 8.22. The third-order valence-electron chi connectivity index (χ3n) is 2.68. The van der Waals surface area contributed by atoms with Crippen LogP contribution in [0.1, 0.15) is 6.42 Å². The Morgan fingerprint density at radius 3 is 2.82 bits per heavy atom. The van der Waals surface area contributed by atoms with Crippen molar-refractivity contribution in [2.45, 2.75) is 12.5 Å². The molecule has 2 amide bonds. The van der Waals surface area contributed by atoms with E-state index in [1.165, 1.54) is 0 Å². The number of imide groups is 1. The van der Waals surface area contributed by atoms with Crippen LogP contribution < -0.4 is 20.1 Å². The van der Waals surface area contributed by atoms with Gasteiger partial charge in [0.1, 0.15) is 6.04 Å². The Morgan fingerprint density at radius 1 is 1.24 bits per heavy atom. The fourth-order valence-electron chi connectivity index (χ4n) is 1.86. The first-order valence-corrected chi connectivity index (χ1v) is 5.22. The third kappa shape index (κ3) is 1.77. The van der Waals surface area contributed by atoms with Gasteiger partial charge in [-0.2, -0.15) is 0 Å². The lowest BCUT2D eigenvalue weighted by molar-refractivity contribution is -0.124. The molecule has 2 aliphatic heterocycles. The highest BCUT2D eigenvalue weighted by Crippen LogP contribution is 2.34. The van der Waals surface area contributed by atoms with Crippen molar-refractivity contribution >= 4 is 17.5 Å². The topological polar surface area (TPSA) is 76.7 Å². The Balaban J connectivity index is 1.77. The van der Waals surface area contributed by atoms with Crippen LogP contribution in [0.4, 0.5) is 5.69 Å². The van der Waals surface area contributed by atoms with Gasteiger partial charge in [-0.3, -0.25) is 14.9 Å². The Labute approximate surface area is 96.9 Å². The fraction of sp³-hybridized carbons (Fsp3) is 0.273. The lowest BCUT2D eigenvalue weighted by atomic mass is 10.2. The number of ether oxygens (including phenoxy) is 2. The van der Waals surface area contributed by atoms with Crippen molar-refractivity contribution in [2.75, 3.05) is 12.1 Å². The van der Waals surface area contributed by atoms with Crippen molar-refractivity contribution in [1.82, 2.24) is 5.32 Å². The van der Waals surface area contributed by atoms with Gasteiger partial charge in [0, 0.05) is 11.8 Å². The molecular formula is C11H10N2O4. The summed E-state index contributed by atoms with van der Waals surface area (Å²) in [5, 5.41) is 5.23. The van der Waals surface area contributed by atoms with Crippen molar-refractivity contribution in [2.24, 2.45) is 0 Å². The Bertz CT molecular complexity index is 500. The van der Waals surface area contributed by atoms with Crippen LogP contribution in [0.5, 0.6) is 11.5 Å². The summed E-state index contributed by atoms with van der Waals surface area (Å²) < 4.78 is 10.4. The van der Waals surface area contributed by atoms with E-state index in [9.17, 15) is 9.59 Å². The number of rotatable bonds is 2. The van der Waals surface area contributed by atoms with Crippen molar-refractivity contribution in [1.29, 1.82) is 0 Å². The van der Waals surface area contributed by atoms with Gasteiger partial charge in [-0.15, -0.1) is 0 Å². The molecule has 6 heteroatoms. The van der Waals surface area contributed by atoms with E-state index in [0.717, 1.165) is 5.69 Å². The molecule has 0 bridgehead atoms. The van der Waals surface area contributed by atoms with Crippen LogP contribution in [-0.2, 0) is 9.59 Å². The first kappa shape index (κ1) is 9.95. The van der Waals surface area contributed by atoms with Crippen LogP contribution in [0.3, 0.4) is 0 Å². The zero-order valence-electron chi connectivity index (χ0n) is 8.86. The molecular weight excluding hydrogens is 224 g/mol. The average molecular weight is 234 g/mol. The van der Waals surface area contributed by atoms with Gasteiger partial charge < -0.3 is 14.8 Å². The van der Waals surface area contributed by atoms with Crippen LogP contribution in [-0.4, -0.2) is 24.6 Å². The number of carbonyl (C=O) groups is 2. The molecule has 2 N–H and O–H groups in total. The molecule has 1 fully saturated rings. The minimum Gasteiger partial charge on any atom is -0.454 e. The minimum atomic E-state index is -0.511. The molecule has 88 valence electrons. The van der Waals surface area contributed by atoms with Gasteiger partial charge in [-0.25, -0.2) is 0 Å². The van der Waals surface area contributed by atoms with E-state index in [1.807, 2.05) is 0 Å². The zero-order valence-corrected chi connectivity index (χ0v) is 8.86. The monoisotopic (exact) mass is 234 g/mol. The van der Waals surface area contributed by atoms with E-state index < -0.39 is 6.04 Å². The molecule has 2 heterocycles. The highest BCUT2D eigenvalue weighted by atomic mass is 16.7. The number of anilines is 1. The van der Waals surface area contributed by atoms with E-state index in [1.54, 1.807) is 18.2 Å². The van der Waals surface area contributed by atoms with Crippen molar-refractivity contribution in [3.05, 3.63) is 18.2 Å². The molecule has 0 radical (unpaired) electrons. The second-order valence-electron chi connectivity index (χ2n) is 3.88. The zero-order chi connectivity index (χ0) is 11.8. The molecule has 0 saturated carbocycles. The van der Waals surface area contributed by atoms with Crippen molar-refractivity contribution in [3.8, 4) is 11.5 Å². The smallest absolute Gasteiger partial charge is 0.249 e. The average Bonchev–Trinajstić information content (AvgIpc) is 2.85. The van der Waals surface area contributed by atoms with E-state index in [4.69, 9.17) is 9.47 Å². The van der Waals surface area contributed by atoms with Gasteiger partial charge in [0.15, 0.2) is 11.5 Å². The summed E-state index contributed by atoms with van der Waals surface area (Å²) in [7, 11) is 0. The maximum Gasteiger partial charge on any atom is 0.249 e. The van der Waals surface area contributed by atoms with Crippen molar-refractivity contribution < 1.29 is 19.1 Å². The lowest BCUT2D eigenvalue weighted by Gasteiger charge is -2.10. The molecule has 1 aromatic rings. The van der Waals surface area contributed by atoms with Gasteiger partial charge in [0.2, 0.25) is 18.6 Å². The van der Waals surface area contributed by atoms with Gasteiger partial charge in [0.05, 0.1) is 6.42 Å². The molecule has 1 saturated heterocycles. The normalized spacial score (nSPS) is 21.5. The van der Waals surface area contributed by atoms with Gasteiger partial charge >= 0.3 is 0 Å². The van der Waals surface area contributed by atoms with Crippen molar-refractivity contribution in [3.63, 3.8) is 0 Å². The van der Waals surface area contributed by atoms with Crippen LogP contribution >= 0.6 is 0 Å². The first-order valence-electron chi connectivity index (χ1n) is 5.22. The lowest BCUT2D eigenvalue weighted by Crippen LogP contribution is -2.29. The number of nitrogens with one attached hydrogen (secondary N) is 2. The maximum absolute atomic E-state index is 11.4. The number of carbonyl (C=O) groups excluding carboxylic acids is 2. The number of hydrogen-bond acceptors (Lipinski definition) is 5. The van der Waals surface area contributed by atoms with E-state index >= 15 is 0 Å². The molecule has 0 unspecified atom stereocenters. The number of benzene rings is 1. The number of fused-ring (bicyclic) bond motifs is 1. The standard InChI is InChI=1S/C11H10N2O4/c14-10-4-7(11(15)13-10)12-6-1-2-8-9(3-6)17-5-16-8/h1-3,7,12H,4-5H2,(H,13,14,15)/t7-/m0/s1. The SMILES string of the molecule is O=C1C[C@H](Nc2ccc3c(c2)OCO3)C(=O)N1. The molecule has 6 nitrogen and oxygen atoms in total. The summed E-state index contributed by atoms with van der Waals surface area (Å²) in [6.07, 6.45) is 0.160. The molecule has 2 aliphatic rings. The second kappa shape index (κ2) is 3.65. The Morgan fingerprint density at radius 2 is 2.06 bits per heavy atom. The maximum atomic E-state index is 11.4. The van der Waals surface area contributed by atoms with E-state index in [2.05, 4.69) is 10.6 Å².